The van der Waals surface area contributed by atoms with Gasteiger partial charge in [-0.3, -0.25) is 14.5 Å². The number of ether oxygens (including phenoxy) is 1. The number of hydrogen-bond acceptors (Lipinski definition) is 7. The molecule has 0 amide bonds. The number of rotatable bonds is 3. The molecule has 0 bridgehead atoms. The minimum atomic E-state index is -3.62. The molecule has 0 unspecified atom stereocenters. The molecule has 1 aromatic rings. The molecule has 10 heteroatoms. The molecule has 2 fully saturated rings. The van der Waals surface area contributed by atoms with Crippen molar-refractivity contribution in [1.82, 2.24) is 14.5 Å². The molecule has 2 saturated heterocycles. The van der Waals surface area contributed by atoms with Crippen molar-refractivity contribution in [3.8, 4) is 0 Å². The molecular formula is C17H23F2N5O3. The lowest BCUT2D eigenvalue weighted by atomic mass is 10.0. The Hall–Kier alpha value is -2.17. The summed E-state index contributed by atoms with van der Waals surface area (Å²) in [6.07, 6.45) is -1.75. The maximum Gasteiger partial charge on any atom is 0.350 e. The van der Waals surface area contributed by atoms with Crippen molar-refractivity contribution in [2.45, 2.75) is 37.7 Å². The number of nitrogens with zero attached hydrogens (tertiary/aromatic N) is 4. The lowest BCUT2D eigenvalue weighted by molar-refractivity contribution is -0.140. The number of aliphatic imine (C=N–C) groups is 1. The summed E-state index contributed by atoms with van der Waals surface area (Å²) in [4.78, 5) is 21.7. The fourth-order valence-electron chi connectivity index (χ4n) is 3.41. The van der Waals surface area contributed by atoms with Crippen LogP contribution in [0.3, 0.4) is 0 Å². The van der Waals surface area contributed by atoms with E-state index in [2.05, 4.69) is 9.98 Å². The second-order valence-electron chi connectivity index (χ2n) is 6.75. The number of aryl methyl sites for hydroxylation is 1. The predicted octanol–water partition coefficient (Wildman–Crippen LogP) is 0.0644. The van der Waals surface area contributed by atoms with Gasteiger partial charge in [-0.2, -0.15) is 13.8 Å². The quantitative estimate of drug-likeness (QED) is 0.765. The van der Waals surface area contributed by atoms with Crippen molar-refractivity contribution >= 4 is 5.71 Å². The summed E-state index contributed by atoms with van der Waals surface area (Å²) in [6.45, 7) is 2.67. The molecule has 3 N–H and O–H groups in total. The number of likely N-dealkylation sites (tertiary alicyclic amines) is 1. The van der Waals surface area contributed by atoms with Gasteiger partial charge in [0.2, 0.25) is 6.23 Å². The van der Waals surface area contributed by atoms with Crippen LogP contribution in [-0.2, 0) is 4.74 Å². The zero-order valence-corrected chi connectivity index (χ0v) is 15.2. The molecule has 1 aromatic heterocycles. The minimum Gasteiger partial charge on any atom is -0.404 e. The molecule has 0 radical (unpaired) electrons. The molecular weight excluding hydrogens is 360 g/mol. The van der Waals surface area contributed by atoms with Gasteiger partial charge in [0.05, 0.1) is 5.71 Å². The average molecular weight is 383 g/mol. The van der Waals surface area contributed by atoms with Gasteiger partial charge < -0.3 is 15.6 Å². The third kappa shape index (κ3) is 3.64. The zero-order valence-electron chi connectivity index (χ0n) is 15.2. The van der Waals surface area contributed by atoms with Crippen LogP contribution in [0.1, 0.15) is 18.3 Å². The smallest absolute Gasteiger partial charge is 0.350 e. The number of aromatic nitrogens is 2. The maximum atomic E-state index is 14.6. The molecule has 0 spiro atoms. The summed E-state index contributed by atoms with van der Waals surface area (Å²) in [5.41, 5.74) is 6.85. The summed E-state index contributed by atoms with van der Waals surface area (Å²) in [5, 5.41) is 10.1. The van der Waals surface area contributed by atoms with Crippen LogP contribution >= 0.6 is 0 Å². The topological polar surface area (TPSA) is 106 Å². The lowest BCUT2D eigenvalue weighted by Gasteiger charge is -2.31. The summed E-state index contributed by atoms with van der Waals surface area (Å²) >= 11 is 0. The van der Waals surface area contributed by atoms with Crippen LogP contribution in [0.15, 0.2) is 33.8 Å². The molecule has 3 atom stereocenters. The van der Waals surface area contributed by atoms with Crippen LogP contribution in [0, 0.1) is 6.92 Å². The van der Waals surface area contributed by atoms with Crippen molar-refractivity contribution in [3.63, 3.8) is 0 Å². The normalized spacial score (nSPS) is 31.7. The molecule has 2 aliphatic heterocycles. The van der Waals surface area contributed by atoms with Gasteiger partial charge in [0.1, 0.15) is 12.2 Å². The Morgan fingerprint density at radius 1 is 1.56 bits per heavy atom. The SMILES string of the molecule is CN=C1CN(C[C@H]2O[C@@H](n3ccc(C)nc3=O)C(F)(F)[C@@H]2O)CCC1=CN. The summed E-state index contributed by atoms with van der Waals surface area (Å²) in [6, 6.07) is 1.44. The second kappa shape index (κ2) is 7.45. The molecule has 8 nitrogen and oxygen atoms in total. The molecule has 3 heterocycles. The number of hydrogen-bond donors (Lipinski definition) is 2. The van der Waals surface area contributed by atoms with Crippen molar-refractivity contribution in [1.29, 1.82) is 0 Å². The molecule has 0 aliphatic carbocycles. The molecule has 27 heavy (non-hydrogen) atoms. The highest BCUT2D eigenvalue weighted by molar-refractivity contribution is 6.02. The first-order chi connectivity index (χ1) is 12.8. The van der Waals surface area contributed by atoms with E-state index in [9.17, 15) is 18.7 Å². The Labute approximate surface area is 155 Å². The van der Waals surface area contributed by atoms with Gasteiger partial charge >= 0.3 is 11.6 Å². The van der Waals surface area contributed by atoms with Crippen LogP contribution < -0.4 is 11.4 Å². The fraction of sp³-hybridized carbons (Fsp3) is 0.588. The van der Waals surface area contributed by atoms with Gasteiger partial charge in [-0.15, -0.1) is 0 Å². The maximum absolute atomic E-state index is 14.6. The van der Waals surface area contributed by atoms with Crippen molar-refractivity contribution < 1.29 is 18.6 Å². The van der Waals surface area contributed by atoms with Crippen molar-refractivity contribution in [2.75, 3.05) is 26.7 Å². The van der Waals surface area contributed by atoms with Gasteiger partial charge in [-0.05, 0) is 31.2 Å². The molecule has 0 saturated carbocycles. The number of aliphatic hydroxyl groups is 1. The second-order valence-corrected chi connectivity index (χ2v) is 6.75. The van der Waals surface area contributed by atoms with Crippen LogP contribution in [0.25, 0.3) is 0 Å². The van der Waals surface area contributed by atoms with E-state index >= 15 is 0 Å². The van der Waals surface area contributed by atoms with E-state index in [0.717, 1.165) is 15.9 Å². The monoisotopic (exact) mass is 383 g/mol. The number of nitrogens with two attached hydrogens (primary N) is 1. The van der Waals surface area contributed by atoms with E-state index in [0.29, 0.717) is 25.2 Å². The predicted molar refractivity (Wildman–Crippen MR) is 94.8 cm³/mol. The first-order valence-corrected chi connectivity index (χ1v) is 8.64. The summed E-state index contributed by atoms with van der Waals surface area (Å²) in [7, 11) is 1.64. The number of piperidine rings is 1. The fourth-order valence-corrected chi connectivity index (χ4v) is 3.41. The molecule has 148 valence electrons. The van der Waals surface area contributed by atoms with E-state index in [1.807, 2.05) is 4.90 Å². The Balaban J connectivity index is 1.77. The highest BCUT2D eigenvalue weighted by atomic mass is 19.3. The Kier molecular flexibility index (Phi) is 5.41. The first-order valence-electron chi connectivity index (χ1n) is 8.64. The third-order valence-electron chi connectivity index (χ3n) is 4.95. The largest absolute Gasteiger partial charge is 0.404 e. The number of aliphatic hydroxyl groups excluding tert-OH is 1. The third-order valence-corrected chi connectivity index (χ3v) is 4.95. The van der Waals surface area contributed by atoms with Crippen molar-refractivity contribution in [2.24, 2.45) is 10.7 Å². The van der Waals surface area contributed by atoms with Gasteiger partial charge in [-0.25, -0.2) is 4.79 Å². The average Bonchev–Trinajstić information content (AvgIpc) is 2.85. The summed E-state index contributed by atoms with van der Waals surface area (Å²) in [5.74, 6) is -3.62. The van der Waals surface area contributed by atoms with E-state index in [4.69, 9.17) is 10.5 Å². The van der Waals surface area contributed by atoms with Gasteiger partial charge in [0.25, 0.3) is 0 Å². The Bertz CT molecular complexity index is 823. The highest BCUT2D eigenvalue weighted by Crippen LogP contribution is 2.42. The summed E-state index contributed by atoms with van der Waals surface area (Å²) < 4.78 is 35.3. The van der Waals surface area contributed by atoms with E-state index < -0.39 is 30.0 Å². The van der Waals surface area contributed by atoms with Gasteiger partial charge in [0.15, 0.2) is 0 Å². The first kappa shape index (κ1) is 19.6. The number of halogens is 2. The minimum absolute atomic E-state index is 0.0815. The van der Waals surface area contributed by atoms with Crippen LogP contribution in [-0.4, -0.2) is 70.1 Å². The Morgan fingerprint density at radius 3 is 2.93 bits per heavy atom. The van der Waals surface area contributed by atoms with Crippen LogP contribution in [0.5, 0.6) is 0 Å². The van der Waals surface area contributed by atoms with Gasteiger partial charge in [-0.1, -0.05) is 0 Å². The van der Waals surface area contributed by atoms with Crippen LogP contribution in [0.4, 0.5) is 8.78 Å². The van der Waals surface area contributed by atoms with Crippen molar-refractivity contribution in [3.05, 3.63) is 40.2 Å². The lowest BCUT2D eigenvalue weighted by Crippen LogP contribution is -2.46. The molecule has 0 aromatic carbocycles. The number of alkyl halides is 2. The molecule has 3 rings (SSSR count). The van der Waals surface area contributed by atoms with E-state index in [1.165, 1.54) is 18.5 Å². The van der Waals surface area contributed by atoms with Crippen LogP contribution in [0.2, 0.25) is 0 Å². The van der Waals surface area contributed by atoms with E-state index in [1.54, 1.807) is 14.0 Å². The zero-order chi connectivity index (χ0) is 19.8. The van der Waals surface area contributed by atoms with Gasteiger partial charge in [0, 0.05) is 38.6 Å². The Morgan fingerprint density at radius 2 is 2.30 bits per heavy atom. The molecule has 2 aliphatic rings. The van der Waals surface area contributed by atoms with E-state index in [-0.39, 0.29) is 6.54 Å². The highest BCUT2D eigenvalue weighted by Gasteiger charge is 2.59. The standard InChI is InChI=1S/C17H23F2N5O3/c1-10-3-6-24(16(26)22-10)15-17(18,19)14(25)13(27-15)9-23-5-4-11(7-20)12(8-23)21-2/h3,6-7,13-15,25H,4-5,8-9,20H2,1-2H3/t13-,14-,15-/m1/s1.